The highest BCUT2D eigenvalue weighted by Gasteiger charge is 2.16. The zero-order valence-corrected chi connectivity index (χ0v) is 17.1. The SMILES string of the molecule is CC(C)(C)OC(=O)Nc1ccc(NCc2cc(Br)c(Br)s2)cc1. The van der Waals surface area contributed by atoms with E-state index >= 15 is 0 Å². The Bertz CT molecular complexity index is 659. The predicted molar refractivity (Wildman–Crippen MR) is 103 cm³/mol. The number of benzene rings is 1. The van der Waals surface area contributed by atoms with Crippen LogP contribution in [0.25, 0.3) is 0 Å². The summed E-state index contributed by atoms with van der Waals surface area (Å²) in [4.78, 5) is 12.9. The van der Waals surface area contributed by atoms with E-state index in [0.29, 0.717) is 5.69 Å². The summed E-state index contributed by atoms with van der Waals surface area (Å²) in [5.41, 5.74) is 1.18. The number of thiophene rings is 1. The fourth-order valence-electron chi connectivity index (χ4n) is 1.76. The third kappa shape index (κ3) is 6.16. The van der Waals surface area contributed by atoms with Crippen molar-refractivity contribution in [2.45, 2.75) is 32.9 Å². The lowest BCUT2D eigenvalue weighted by atomic mass is 10.2. The number of nitrogens with one attached hydrogen (secondary N) is 2. The maximum atomic E-state index is 11.7. The van der Waals surface area contributed by atoms with E-state index in [0.717, 1.165) is 20.5 Å². The van der Waals surface area contributed by atoms with Gasteiger partial charge in [0.05, 0.1) is 3.79 Å². The van der Waals surface area contributed by atoms with E-state index in [-0.39, 0.29) is 0 Å². The van der Waals surface area contributed by atoms with Gasteiger partial charge in [0.15, 0.2) is 0 Å². The molecule has 124 valence electrons. The van der Waals surface area contributed by atoms with E-state index in [9.17, 15) is 4.79 Å². The van der Waals surface area contributed by atoms with Gasteiger partial charge in [0.2, 0.25) is 0 Å². The van der Waals surface area contributed by atoms with Gasteiger partial charge in [-0.1, -0.05) is 0 Å². The quantitative estimate of drug-likeness (QED) is 0.567. The summed E-state index contributed by atoms with van der Waals surface area (Å²) in [7, 11) is 0. The summed E-state index contributed by atoms with van der Waals surface area (Å²) in [5, 5.41) is 6.06. The second kappa shape index (κ2) is 7.68. The Morgan fingerprint density at radius 3 is 2.30 bits per heavy atom. The number of hydrogen-bond donors (Lipinski definition) is 2. The molecular weight excluding hydrogens is 444 g/mol. The normalized spacial score (nSPS) is 11.2. The van der Waals surface area contributed by atoms with E-state index in [1.807, 2.05) is 45.0 Å². The van der Waals surface area contributed by atoms with Crippen LogP contribution in [-0.2, 0) is 11.3 Å². The minimum absolute atomic E-state index is 0.452. The van der Waals surface area contributed by atoms with Crippen molar-refractivity contribution in [1.29, 1.82) is 0 Å². The van der Waals surface area contributed by atoms with Crippen LogP contribution in [0.15, 0.2) is 38.6 Å². The Morgan fingerprint density at radius 1 is 1.17 bits per heavy atom. The maximum Gasteiger partial charge on any atom is 0.412 e. The topological polar surface area (TPSA) is 50.4 Å². The van der Waals surface area contributed by atoms with Crippen LogP contribution in [0.4, 0.5) is 16.2 Å². The lowest BCUT2D eigenvalue weighted by Gasteiger charge is -2.19. The van der Waals surface area contributed by atoms with E-state index in [2.05, 4.69) is 48.6 Å². The molecule has 0 saturated carbocycles. The van der Waals surface area contributed by atoms with E-state index in [1.54, 1.807) is 11.3 Å². The molecule has 1 aromatic carbocycles. The third-order valence-corrected chi connectivity index (χ3v) is 5.95. The van der Waals surface area contributed by atoms with Crippen molar-refractivity contribution in [2.75, 3.05) is 10.6 Å². The smallest absolute Gasteiger partial charge is 0.412 e. The standard InChI is InChI=1S/C16H18Br2N2O2S/c1-16(2,3)22-15(21)20-11-6-4-10(5-7-11)19-9-12-8-13(17)14(18)23-12/h4-8,19H,9H2,1-3H3,(H,20,21). The zero-order valence-electron chi connectivity index (χ0n) is 13.1. The molecule has 2 aromatic rings. The molecule has 0 atom stereocenters. The average molecular weight is 462 g/mol. The van der Waals surface area contributed by atoms with E-state index in [1.165, 1.54) is 4.88 Å². The van der Waals surface area contributed by atoms with Crippen molar-refractivity contribution in [2.24, 2.45) is 0 Å². The number of carbonyl (C=O) groups is 1. The summed E-state index contributed by atoms with van der Waals surface area (Å²) >= 11 is 8.65. The number of hydrogen-bond acceptors (Lipinski definition) is 4. The Hall–Kier alpha value is -1.05. The largest absolute Gasteiger partial charge is 0.444 e. The maximum absolute atomic E-state index is 11.7. The van der Waals surface area contributed by atoms with Gasteiger partial charge in [-0.2, -0.15) is 0 Å². The van der Waals surface area contributed by atoms with Crippen molar-refractivity contribution in [3.05, 3.63) is 43.5 Å². The number of carbonyl (C=O) groups excluding carboxylic acids is 1. The van der Waals surface area contributed by atoms with E-state index in [4.69, 9.17) is 4.74 Å². The van der Waals surface area contributed by atoms with Crippen LogP contribution in [0, 0.1) is 0 Å². The van der Waals surface area contributed by atoms with Gasteiger partial charge in [0, 0.05) is 27.3 Å². The Kier molecular flexibility index (Phi) is 6.11. The van der Waals surface area contributed by atoms with Gasteiger partial charge in [-0.3, -0.25) is 5.32 Å². The first kappa shape index (κ1) is 18.3. The number of anilines is 2. The van der Waals surface area contributed by atoms with Crippen LogP contribution in [0.5, 0.6) is 0 Å². The molecule has 0 radical (unpaired) electrons. The second-order valence-electron chi connectivity index (χ2n) is 5.89. The Morgan fingerprint density at radius 2 is 1.78 bits per heavy atom. The van der Waals surface area contributed by atoms with Crippen molar-refractivity contribution >= 4 is 60.7 Å². The predicted octanol–water partition coefficient (Wildman–Crippen LogP) is 6.23. The summed E-state index contributed by atoms with van der Waals surface area (Å²) in [6.45, 7) is 6.25. The Labute approximate surface area is 156 Å². The average Bonchev–Trinajstić information content (AvgIpc) is 2.75. The van der Waals surface area contributed by atoms with Crippen molar-refractivity contribution in [3.63, 3.8) is 0 Å². The van der Waals surface area contributed by atoms with Gasteiger partial charge >= 0.3 is 6.09 Å². The molecule has 2 rings (SSSR count). The molecule has 1 amide bonds. The van der Waals surface area contributed by atoms with Gasteiger partial charge < -0.3 is 10.1 Å². The second-order valence-corrected chi connectivity index (χ2v) is 9.20. The third-order valence-electron chi connectivity index (χ3n) is 2.69. The fraction of sp³-hybridized carbons (Fsp3) is 0.312. The highest BCUT2D eigenvalue weighted by Crippen LogP contribution is 2.32. The van der Waals surface area contributed by atoms with Gasteiger partial charge in [-0.25, -0.2) is 4.79 Å². The van der Waals surface area contributed by atoms with Crippen molar-refractivity contribution in [3.8, 4) is 0 Å². The molecule has 0 bridgehead atoms. The molecule has 23 heavy (non-hydrogen) atoms. The minimum Gasteiger partial charge on any atom is -0.444 e. The lowest BCUT2D eigenvalue weighted by molar-refractivity contribution is 0.0636. The van der Waals surface area contributed by atoms with Gasteiger partial charge in [0.1, 0.15) is 5.60 Å². The molecule has 0 saturated heterocycles. The fourth-order valence-corrected chi connectivity index (χ4v) is 3.88. The summed E-state index contributed by atoms with van der Waals surface area (Å²) < 4.78 is 7.37. The zero-order chi connectivity index (χ0) is 17.0. The van der Waals surface area contributed by atoms with Crippen molar-refractivity contribution < 1.29 is 9.53 Å². The molecule has 0 aliphatic heterocycles. The summed E-state index contributed by atoms with van der Waals surface area (Å²) in [6, 6.07) is 9.61. The molecule has 2 N–H and O–H groups in total. The molecule has 1 heterocycles. The first-order chi connectivity index (χ1) is 10.7. The van der Waals surface area contributed by atoms with Crippen molar-refractivity contribution in [1.82, 2.24) is 0 Å². The van der Waals surface area contributed by atoms with Crippen LogP contribution >= 0.6 is 43.2 Å². The first-order valence-corrected chi connectivity index (χ1v) is 9.41. The molecule has 0 aliphatic carbocycles. The highest BCUT2D eigenvalue weighted by atomic mass is 79.9. The molecule has 0 unspecified atom stereocenters. The molecule has 0 aliphatic rings. The summed E-state index contributed by atoms with van der Waals surface area (Å²) in [5.74, 6) is 0. The first-order valence-electron chi connectivity index (χ1n) is 7.00. The monoisotopic (exact) mass is 460 g/mol. The van der Waals surface area contributed by atoms with Gasteiger partial charge in [0.25, 0.3) is 0 Å². The van der Waals surface area contributed by atoms with Gasteiger partial charge in [-0.05, 0) is 83.0 Å². The van der Waals surface area contributed by atoms with Crippen LogP contribution < -0.4 is 10.6 Å². The molecule has 0 fully saturated rings. The number of amides is 1. The lowest BCUT2D eigenvalue weighted by Crippen LogP contribution is -2.27. The van der Waals surface area contributed by atoms with Crippen LogP contribution in [0.2, 0.25) is 0 Å². The van der Waals surface area contributed by atoms with Crippen LogP contribution in [-0.4, -0.2) is 11.7 Å². The number of halogens is 2. The van der Waals surface area contributed by atoms with E-state index < -0.39 is 11.7 Å². The minimum atomic E-state index is -0.505. The summed E-state index contributed by atoms with van der Waals surface area (Å²) in [6.07, 6.45) is -0.452. The molecule has 0 spiro atoms. The molecule has 1 aromatic heterocycles. The molecule has 7 heteroatoms. The van der Waals surface area contributed by atoms with Crippen LogP contribution in [0.3, 0.4) is 0 Å². The molecule has 4 nitrogen and oxygen atoms in total. The molecular formula is C16H18Br2N2O2S. The highest BCUT2D eigenvalue weighted by molar-refractivity contribution is 9.13. The van der Waals surface area contributed by atoms with Crippen LogP contribution in [0.1, 0.15) is 25.6 Å². The number of ether oxygens (including phenoxy) is 1. The number of rotatable bonds is 4. The Balaban J connectivity index is 1.88. The van der Waals surface area contributed by atoms with Gasteiger partial charge in [-0.15, -0.1) is 11.3 Å².